The number of carbonyl (C=O) groups excluding carboxylic acids is 1. The molecular formula is C20H28F3N5O2. The summed E-state index contributed by atoms with van der Waals surface area (Å²) in [4.78, 5) is 20.4. The predicted octanol–water partition coefficient (Wildman–Crippen LogP) is 2.62. The SMILES string of the molecule is COc1nn(C)c2nc(C)c(CCC(=O)N3CCCN(CC(F)(F)F)CC3)c(C)c12. The van der Waals surface area contributed by atoms with Crippen molar-refractivity contribution in [2.24, 2.45) is 7.05 Å². The molecule has 0 aromatic carbocycles. The molecule has 2 aromatic heterocycles. The second-order valence-electron chi connectivity index (χ2n) is 7.76. The average Bonchev–Trinajstić information content (AvgIpc) is 2.82. The summed E-state index contributed by atoms with van der Waals surface area (Å²) in [6.45, 7) is 4.35. The van der Waals surface area contributed by atoms with Crippen molar-refractivity contribution in [1.82, 2.24) is 24.6 Å². The first-order valence-corrected chi connectivity index (χ1v) is 10.0. The Balaban J connectivity index is 1.68. The number of amides is 1. The molecule has 0 N–H and O–H groups in total. The zero-order valence-corrected chi connectivity index (χ0v) is 17.8. The monoisotopic (exact) mass is 427 g/mol. The van der Waals surface area contributed by atoms with Crippen LogP contribution in [0.4, 0.5) is 13.2 Å². The van der Waals surface area contributed by atoms with E-state index in [9.17, 15) is 18.0 Å². The second kappa shape index (κ2) is 8.79. The maximum absolute atomic E-state index is 12.8. The zero-order chi connectivity index (χ0) is 22.1. The van der Waals surface area contributed by atoms with Gasteiger partial charge in [0.05, 0.1) is 19.0 Å². The van der Waals surface area contributed by atoms with Gasteiger partial charge in [0.15, 0.2) is 5.65 Å². The van der Waals surface area contributed by atoms with E-state index in [1.165, 1.54) is 4.90 Å². The molecule has 0 unspecified atom stereocenters. The summed E-state index contributed by atoms with van der Waals surface area (Å²) in [6, 6.07) is 0. The number of aromatic nitrogens is 3. The molecule has 1 aliphatic rings. The number of hydrogen-bond acceptors (Lipinski definition) is 5. The highest BCUT2D eigenvalue weighted by atomic mass is 19.4. The van der Waals surface area contributed by atoms with Crippen LogP contribution in [0, 0.1) is 13.8 Å². The van der Waals surface area contributed by atoms with Gasteiger partial charge < -0.3 is 9.64 Å². The zero-order valence-electron chi connectivity index (χ0n) is 17.8. The summed E-state index contributed by atoms with van der Waals surface area (Å²) in [5, 5.41) is 5.17. The van der Waals surface area contributed by atoms with Gasteiger partial charge in [-0.3, -0.25) is 9.69 Å². The van der Waals surface area contributed by atoms with E-state index < -0.39 is 12.7 Å². The standard InChI is InChI=1S/C20H28F3N5O2/c1-13-15(14(2)24-18-17(13)19(30-4)25-26(18)3)6-7-16(29)28-9-5-8-27(10-11-28)12-20(21,22)23/h5-12H2,1-4H3. The van der Waals surface area contributed by atoms with Crippen LogP contribution in [0.25, 0.3) is 11.0 Å². The van der Waals surface area contributed by atoms with Crippen molar-refractivity contribution in [3.8, 4) is 5.88 Å². The molecule has 2 aromatic rings. The fourth-order valence-corrected chi connectivity index (χ4v) is 4.13. The number of carbonyl (C=O) groups is 1. The molecule has 0 radical (unpaired) electrons. The van der Waals surface area contributed by atoms with Crippen molar-refractivity contribution in [3.05, 3.63) is 16.8 Å². The summed E-state index contributed by atoms with van der Waals surface area (Å²) in [7, 11) is 3.37. The van der Waals surface area contributed by atoms with Crippen LogP contribution in [0.5, 0.6) is 5.88 Å². The van der Waals surface area contributed by atoms with Gasteiger partial charge in [-0.15, -0.1) is 5.10 Å². The minimum atomic E-state index is -4.22. The van der Waals surface area contributed by atoms with Gasteiger partial charge in [0, 0.05) is 45.3 Å². The predicted molar refractivity (Wildman–Crippen MR) is 107 cm³/mol. The maximum atomic E-state index is 12.8. The van der Waals surface area contributed by atoms with Gasteiger partial charge in [0.2, 0.25) is 11.8 Å². The van der Waals surface area contributed by atoms with Gasteiger partial charge in [0.1, 0.15) is 0 Å². The van der Waals surface area contributed by atoms with Gasteiger partial charge in [-0.25, -0.2) is 9.67 Å². The third kappa shape index (κ3) is 4.85. The molecule has 1 amide bonds. The van der Waals surface area contributed by atoms with E-state index in [1.54, 1.807) is 23.7 Å². The molecule has 3 heterocycles. The van der Waals surface area contributed by atoms with Gasteiger partial charge in [0.25, 0.3) is 0 Å². The van der Waals surface area contributed by atoms with Crippen LogP contribution in [0.2, 0.25) is 0 Å². The number of hydrogen-bond donors (Lipinski definition) is 0. The first kappa shape index (κ1) is 22.3. The molecule has 1 fully saturated rings. The van der Waals surface area contributed by atoms with Crippen LogP contribution in [0.3, 0.4) is 0 Å². The number of methoxy groups -OCH3 is 1. The molecule has 30 heavy (non-hydrogen) atoms. The lowest BCUT2D eigenvalue weighted by atomic mass is 10.00. The molecular weight excluding hydrogens is 399 g/mol. The molecule has 0 aliphatic carbocycles. The number of aryl methyl sites for hydroxylation is 3. The second-order valence-corrected chi connectivity index (χ2v) is 7.76. The first-order valence-electron chi connectivity index (χ1n) is 10.0. The van der Waals surface area contributed by atoms with Gasteiger partial charge >= 0.3 is 6.18 Å². The van der Waals surface area contributed by atoms with Crippen molar-refractivity contribution in [2.75, 3.05) is 39.8 Å². The molecule has 0 bridgehead atoms. The highest BCUT2D eigenvalue weighted by Gasteiger charge is 2.32. The molecule has 7 nitrogen and oxygen atoms in total. The number of alkyl halides is 3. The summed E-state index contributed by atoms with van der Waals surface area (Å²) in [5.74, 6) is 0.461. The lowest BCUT2D eigenvalue weighted by molar-refractivity contribution is -0.145. The van der Waals surface area contributed by atoms with E-state index in [2.05, 4.69) is 10.1 Å². The summed E-state index contributed by atoms with van der Waals surface area (Å²) >= 11 is 0. The van der Waals surface area contributed by atoms with Crippen molar-refractivity contribution in [3.63, 3.8) is 0 Å². The number of nitrogens with zero attached hydrogens (tertiary/aromatic N) is 5. The maximum Gasteiger partial charge on any atom is 0.401 e. The van der Waals surface area contributed by atoms with Crippen LogP contribution in [0.1, 0.15) is 29.7 Å². The quantitative estimate of drug-likeness (QED) is 0.734. The fourth-order valence-electron chi connectivity index (χ4n) is 4.13. The highest BCUT2D eigenvalue weighted by Crippen LogP contribution is 2.30. The Labute approximate surface area is 173 Å². The average molecular weight is 427 g/mol. The van der Waals surface area contributed by atoms with Gasteiger partial charge in [-0.05, 0) is 37.8 Å². The third-order valence-corrected chi connectivity index (χ3v) is 5.65. The van der Waals surface area contributed by atoms with Gasteiger partial charge in [-0.2, -0.15) is 13.2 Å². The summed E-state index contributed by atoms with van der Waals surface area (Å²) < 4.78 is 45.0. The van der Waals surface area contributed by atoms with E-state index >= 15 is 0 Å². The minimum Gasteiger partial charge on any atom is -0.479 e. The molecule has 1 saturated heterocycles. The number of fused-ring (bicyclic) bond motifs is 1. The van der Waals surface area contributed by atoms with Crippen molar-refractivity contribution in [1.29, 1.82) is 0 Å². The van der Waals surface area contributed by atoms with E-state index in [-0.39, 0.29) is 18.9 Å². The minimum absolute atomic E-state index is 0.0408. The fraction of sp³-hybridized carbons (Fsp3) is 0.650. The molecule has 0 spiro atoms. The van der Waals surface area contributed by atoms with Crippen LogP contribution >= 0.6 is 0 Å². The largest absolute Gasteiger partial charge is 0.479 e. The lowest BCUT2D eigenvalue weighted by Gasteiger charge is -2.23. The Hall–Kier alpha value is -2.36. The molecule has 3 rings (SSSR count). The Morgan fingerprint density at radius 2 is 1.90 bits per heavy atom. The normalized spacial score (nSPS) is 16.2. The van der Waals surface area contributed by atoms with Crippen LogP contribution < -0.4 is 4.74 Å². The molecule has 0 atom stereocenters. The lowest BCUT2D eigenvalue weighted by Crippen LogP contribution is -2.38. The topological polar surface area (TPSA) is 63.5 Å². The van der Waals surface area contributed by atoms with Crippen molar-refractivity contribution in [2.45, 2.75) is 39.3 Å². The number of pyridine rings is 1. The van der Waals surface area contributed by atoms with E-state index in [0.717, 1.165) is 27.9 Å². The summed E-state index contributed by atoms with van der Waals surface area (Å²) in [5.41, 5.74) is 3.54. The van der Waals surface area contributed by atoms with Crippen LogP contribution in [0.15, 0.2) is 0 Å². The van der Waals surface area contributed by atoms with Gasteiger partial charge in [-0.1, -0.05) is 0 Å². The molecule has 10 heteroatoms. The van der Waals surface area contributed by atoms with Crippen molar-refractivity contribution >= 4 is 16.9 Å². The van der Waals surface area contributed by atoms with E-state index in [1.807, 2.05) is 13.8 Å². The highest BCUT2D eigenvalue weighted by molar-refractivity contribution is 5.86. The van der Waals surface area contributed by atoms with Crippen LogP contribution in [-0.4, -0.2) is 76.5 Å². The summed E-state index contributed by atoms with van der Waals surface area (Å²) in [6.07, 6.45) is -2.87. The van der Waals surface area contributed by atoms with Crippen LogP contribution in [-0.2, 0) is 18.3 Å². The molecule has 166 valence electrons. The Morgan fingerprint density at radius 1 is 1.17 bits per heavy atom. The van der Waals surface area contributed by atoms with E-state index in [4.69, 9.17) is 4.74 Å². The van der Waals surface area contributed by atoms with Crippen molar-refractivity contribution < 1.29 is 22.7 Å². The number of ether oxygens (including phenoxy) is 1. The number of rotatable bonds is 5. The molecule has 0 saturated carbocycles. The first-order chi connectivity index (χ1) is 14.1. The molecule has 1 aliphatic heterocycles. The Kier molecular flexibility index (Phi) is 6.54. The smallest absolute Gasteiger partial charge is 0.401 e. The Bertz CT molecular complexity index is 926. The third-order valence-electron chi connectivity index (χ3n) is 5.65. The number of halogens is 3. The van der Waals surface area contributed by atoms with E-state index in [0.29, 0.717) is 38.4 Å². The Morgan fingerprint density at radius 3 is 2.57 bits per heavy atom.